The fourth-order valence-corrected chi connectivity index (χ4v) is 5.68. The number of hydrogen-bond acceptors (Lipinski definition) is 7. The molecule has 0 saturated heterocycles. The van der Waals surface area contributed by atoms with Gasteiger partial charge in [-0.25, -0.2) is 13.2 Å². The highest BCUT2D eigenvalue weighted by Crippen LogP contribution is 2.27. The number of nitrogens with zero attached hydrogens (tertiary/aromatic N) is 1. The summed E-state index contributed by atoms with van der Waals surface area (Å²) in [5, 5.41) is 3.16. The Morgan fingerprint density at radius 2 is 1.82 bits per heavy atom. The Morgan fingerprint density at radius 3 is 2.55 bits per heavy atom. The maximum absolute atomic E-state index is 13.6. The SMILES string of the molecule is COC(=O)C1Cc2ccc(OC)cc2OC/C=C/CN(S(=O)(=O)c2ccc(Cl)cc2)Cc2cccc(c2)C(=O)N1. The zero-order valence-corrected chi connectivity index (χ0v) is 23.6. The van der Waals surface area contributed by atoms with E-state index in [0.29, 0.717) is 27.6 Å². The minimum Gasteiger partial charge on any atom is -0.497 e. The fourth-order valence-electron chi connectivity index (χ4n) is 4.18. The molecule has 0 aliphatic carbocycles. The molecule has 1 atom stereocenters. The molecule has 0 radical (unpaired) electrons. The summed E-state index contributed by atoms with van der Waals surface area (Å²) in [5.41, 5.74) is 1.51. The average Bonchev–Trinajstić information content (AvgIpc) is 2.96. The highest BCUT2D eigenvalue weighted by molar-refractivity contribution is 7.89. The lowest BCUT2D eigenvalue weighted by Crippen LogP contribution is -2.43. The van der Waals surface area contributed by atoms with Gasteiger partial charge in [-0.05, 0) is 53.6 Å². The molecule has 0 spiro atoms. The second-order valence-corrected chi connectivity index (χ2v) is 11.3. The molecule has 210 valence electrons. The number of benzene rings is 3. The van der Waals surface area contributed by atoms with Crippen molar-refractivity contribution in [3.63, 3.8) is 0 Å². The van der Waals surface area contributed by atoms with E-state index < -0.39 is 27.9 Å². The summed E-state index contributed by atoms with van der Waals surface area (Å²) in [5.74, 6) is -0.125. The van der Waals surface area contributed by atoms with Gasteiger partial charge in [-0.1, -0.05) is 42.0 Å². The van der Waals surface area contributed by atoms with Crippen LogP contribution < -0.4 is 14.8 Å². The summed E-state index contributed by atoms with van der Waals surface area (Å²) in [6.07, 6.45) is 3.54. The number of fused-ring (bicyclic) bond motifs is 3. The van der Waals surface area contributed by atoms with Crippen LogP contribution in [0.5, 0.6) is 11.5 Å². The third-order valence-electron chi connectivity index (χ3n) is 6.30. The van der Waals surface area contributed by atoms with Gasteiger partial charge in [-0.2, -0.15) is 4.31 Å². The van der Waals surface area contributed by atoms with Crippen LogP contribution in [-0.4, -0.2) is 58.0 Å². The number of esters is 1. The van der Waals surface area contributed by atoms with E-state index in [1.54, 1.807) is 54.6 Å². The normalized spacial score (nSPS) is 17.6. The number of nitrogens with one attached hydrogen (secondary N) is 1. The number of sulfonamides is 1. The Balaban J connectivity index is 1.74. The van der Waals surface area contributed by atoms with Crippen molar-refractivity contribution in [3.8, 4) is 11.5 Å². The molecule has 1 heterocycles. The molecule has 11 heteroatoms. The summed E-state index contributed by atoms with van der Waals surface area (Å²) in [6, 6.07) is 16.7. The van der Waals surface area contributed by atoms with Gasteiger partial charge in [0.25, 0.3) is 5.91 Å². The molecular formula is C29H29ClN2O7S. The minimum atomic E-state index is -3.92. The van der Waals surface area contributed by atoms with Crippen LogP contribution in [0.15, 0.2) is 83.8 Å². The van der Waals surface area contributed by atoms with Crippen molar-refractivity contribution in [2.75, 3.05) is 27.4 Å². The van der Waals surface area contributed by atoms with Crippen molar-refractivity contribution in [2.45, 2.75) is 23.9 Å². The first-order chi connectivity index (χ1) is 19.2. The van der Waals surface area contributed by atoms with Crippen LogP contribution in [0.4, 0.5) is 0 Å². The van der Waals surface area contributed by atoms with Crippen molar-refractivity contribution in [2.24, 2.45) is 0 Å². The number of carbonyl (C=O) groups excluding carboxylic acids is 2. The molecule has 2 bridgehead atoms. The Hall–Kier alpha value is -3.86. The third-order valence-corrected chi connectivity index (χ3v) is 8.38. The van der Waals surface area contributed by atoms with Gasteiger partial charge in [-0.15, -0.1) is 0 Å². The van der Waals surface area contributed by atoms with E-state index in [4.69, 9.17) is 25.8 Å². The highest BCUT2D eigenvalue weighted by Gasteiger charge is 2.26. The number of rotatable bonds is 4. The fraction of sp³-hybridized carbons (Fsp3) is 0.241. The van der Waals surface area contributed by atoms with Gasteiger partial charge in [0.1, 0.15) is 24.1 Å². The molecule has 0 fully saturated rings. The molecule has 0 aromatic heterocycles. The second kappa shape index (κ2) is 13.0. The second-order valence-electron chi connectivity index (χ2n) is 8.96. The third kappa shape index (κ3) is 7.01. The first-order valence-corrected chi connectivity index (χ1v) is 14.2. The molecule has 1 aliphatic rings. The van der Waals surface area contributed by atoms with Gasteiger partial charge >= 0.3 is 5.97 Å². The number of amides is 1. The van der Waals surface area contributed by atoms with Crippen LogP contribution in [-0.2, 0) is 32.5 Å². The summed E-state index contributed by atoms with van der Waals surface area (Å²) >= 11 is 5.97. The minimum absolute atomic E-state index is 0.00224. The Labute approximate surface area is 238 Å². The Morgan fingerprint density at radius 1 is 1.05 bits per heavy atom. The maximum atomic E-state index is 13.6. The molecule has 40 heavy (non-hydrogen) atoms. The van der Waals surface area contributed by atoms with Crippen LogP contribution >= 0.6 is 11.6 Å². The summed E-state index contributed by atoms with van der Waals surface area (Å²) in [4.78, 5) is 25.9. The largest absolute Gasteiger partial charge is 0.497 e. The lowest BCUT2D eigenvalue weighted by atomic mass is 10.0. The van der Waals surface area contributed by atoms with Crippen molar-refractivity contribution in [1.29, 1.82) is 0 Å². The number of ether oxygens (including phenoxy) is 3. The van der Waals surface area contributed by atoms with E-state index in [0.717, 1.165) is 0 Å². The van der Waals surface area contributed by atoms with E-state index >= 15 is 0 Å². The van der Waals surface area contributed by atoms with Gasteiger partial charge in [0, 0.05) is 36.2 Å². The average molecular weight is 585 g/mol. The zero-order chi connectivity index (χ0) is 28.7. The van der Waals surface area contributed by atoms with Gasteiger partial charge in [0.05, 0.1) is 19.1 Å². The molecule has 1 aliphatic heterocycles. The summed E-state index contributed by atoms with van der Waals surface area (Å²) < 4.78 is 44.6. The number of halogens is 1. The van der Waals surface area contributed by atoms with E-state index in [2.05, 4.69) is 5.32 Å². The Bertz CT molecular complexity index is 1510. The highest BCUT2D eigenvalue weighted by atomic mass is 35.5. The topological polar surface area (TPSA) is 111 Å². The molecule has 1 N–H and O–H groups in total. The first-order valence-electron chi connectivity index (χ1n) is 12.4. The van der Waals surface area contributed by atoms with Crippen molar-refractivity contribution < 1.29 is 32.2 Å². The molecule has 3 aromatic rings. The molecular weight excluding hydrogens is 556 g/mol. The maximum Gasteiger partial charge on any atom is 0.328 e. The van der Waals surface area contributed by atoms with Gasteiger partial charge < -0.3 is 19.5 Å². The lowest BCUT2D eigenvalue weighted by molar-refractivity contribution is -0.142. The lowest BCUT2D eigenvalue weighted by Gasteiger charge is -2.22. The van der Waals surface area contributed by atoms with Crippen molar-refractivity contribution >= 4 is 33.5 Å². The Kier molecular flexibility index (Phi) is 9.46. The monoisotopic (exact) mass is 584 g/mol. The molecule has 0 saturated carbocycles. The van der Waals surface area contributed by atoms with Crippen LogP contribution in [0.2, 0.25) is 5.02 Å². The predicted octanol–water partition coefficient (Wildman–Crippen LogP) is 4.00. The molecule has 1 unspecified atom stereocenters. The van der Waals surface area contributed by atoms with Crippen molar-refractivity contribution in [1.82, 2.24) is 9.62 Å². The molecule has 3 aromatic carbocycles. The predicted molar refractivity (Wildman–Crippen MR) is 150 cm³/mol. The van der Waals surface area contributed by atoms with E-state index in [1.165, 1.54) is 42.8 Å². The van der Waals surface area contributed by atoms with Crippen LogP contribution in [0.25, 0.3) is 0 Å². The van der Waals surface area contributed by atoms with Crippen LogP contribution in [0.3, 0.4) is 0 Å². The number of hydrogen-bond donors (Lipinski definition) is 1. The first kappa shape index (κ1) is 29.1. The van der Waals surface area contributed by atoms with E-state index in [9.17, 15) is 18.0 Å². The van der Waals surface area contributed by atoms with E-state index in [-0.39, 0.29) is 36.6 Å². The smallest absolute Gasteiger partial charge is 0.328 e. The van der Waals surface area contributed by atoms with Crippen molar-refractivity contribution in [3.05, 3.63) is 101 Å². The van der Waals surface area contributed by atoms with Crippen LogP contribution in [0, 0.1) is 0 Å². The van der Waals surface area contributed by atoms with E-state index in [1.807, 2.05) is 0 Å². The zero-order valence-electron chi connectivity index (χ0n) is 22.0. The van der Waals surface area contributed by atoms with Crippen LogP contribution in [0.1, 0.15) is 21.5 Å². The quantitative estimate of drug-likeness (QED) is 0.364. The molecule has 1 amide bonds. The van der Waals surface area contributed by atoms with Gasteiger partial charge in [-0.3, -0.25) is 4.79 Å². The van der Waals surface area contributed by atoms with Gasteiger partial charge in [0.2, 0.25) is 10.0 Å². The number of carbonyl (C=O) groups is 2. The summed E-state index contributed by atoms with van der Waals surface area (Å²) in [7, 11) is -1.14. The standard InChI is InChI=1S/C29H29ClN2O7S/c1-37-24-11-8-21-17-26(29(34)38-2)31-28(33)22-7-5-6-20(16-22)19-32(14-3-4-15-39-27(21)18-24)40(35,36)25-12-9-23(30)10-13-25/h3-13,16,18,26H,14-15,17,19H2,1-2H3,(H,31,33)/b4-3+. The molecule has 4 rings (SSSR count). The molecule has 9 nitrogen and oxygen atoms in total. The number of methoxy groups -OCH3 is 2. The summed E-state index contributed by atoms with van der Waals surface area (Å²) in [6.45, 7) is 0.178. The van der Waals surface area contributed by atoms with Gasteiger partial charge in [0.15, 0.2) is 0 Å².